The quantitative estimate of drug-likeness (QED) is 0.466. The Morgan fingerprint density at radius 3 is 2.41 bits per heavy atom. The number of aryl methyl sites for hydroxylation is 2. The number of amides is 1. The van der Waals surface area contributed by atoms with Gasteiger partial charge < -0.3 is 19.2 Å². The number of hydrogen-bond acceptors (Lipinski definition) is 7. The number of benzene rings is 1. The first-order chi connectivity index (χ1) is 12.6. The molecule has 0 aliphatic heterocycles. The summed E-state index contributed by atoms with van der Waals surface area (Å²) in [4.78, 5) is 34.9. The largest absolute Gasteiger partial charge is 0.494 e. The van der Waals surface area contributed by atoms with Crippen LogP contribution in [0.2, 0.25) is 0 Å². The summed E-state index contributed by atoms with van der Waals surface area (Å²) in [5, 5.41) is 13.4. The highest BCUT2D eigenvalue weighted by molar-refractivity contribution is 5.99. The molecule has 0 unspecified atom stereocenters. The lowest BCUT2D eigenvalue weighted by molar-refractivity contribution is -0.384. The highest BCUT2D eigenvalue weighted by atomic mass is 16.6. The predicted octanol–water partition coefficient (Wildman–Crippen LogP) is 3.31. The minimum Gasteiger partial charge on any atom is -0.494 e. The second-order valence-electron chi connectivity index (χ2n) is 5.89. The zero-order chi connectivity index (χ0) is 20.3. The molecule has 1 N–H and O–H groups in total. The number of methoxy groups -OCH3 is 1. The van der Waals surface area contributed by atoms with E-state index in [0.29, 0.717) is 22.6 Å². The summed E-state index contributed by atoms with van der Waals surface area (Å²) in [6.07, 6.45) is -1.11. The van der Waals surface area contributed by atoms with Gasteiger partial charge in [0.1, 0.15) is 22.8 Å². The Labute approximate surface area is 155 Å². The number of nitrogens with zero attached hydrogens (tertiary/aromatic N) is 1. The van der Waals surface area contributed by atoms with Crippen molar-refractivity contribution in [1.29, 1.82) is 0 Å². The number of anilines is 1. The molecule has 2 rings (SSSR count). The molecule has 0 aliphatic rings. The molecule has 1 atom stereocenters. The van der Waals surface area contributed by atoms with Crippen molar-refractivity contribution >= 4 is 23.3 Å². The molecule has 0 fully saturated rings. The molecular weight excluding hydrogens is 356 g/mol. The molecule has 1 aromatic heterocycles. The average molecular weight is 376 g/mol. The van der Waals surface area contributed by atoms with Crippen LogP contribution in [-0.4, -0.2) is 30.0 Å². The van der Waals surface area contributed by atoms with Crippen LogP contribution in [0.3, 0.4) is 0 Å². The molecule has 0 saturated heterocycles. The molecule has 144 valence electrons. The normalized spacial score (nSPS) is 11.6. The summed E-state index contributed by atoms with van der Waals surface area (Å²) < 4.78 is 15.7. The summed E-state index contributed by atoms with van der Waals surface area (Å²) in [6, 6.07) is 3.76. The van der Waals surface area contributed by atoms with Gasteiger partial charge in [-0.15, -0.1) is 0 Å². The van der Waals surface area contributed by atoms with Gasteiger partial charge in [0.15, 0.2) is 6.10 Å². The molecule has 0 spiro atoms. The molecule has 0 saturated carbocycles. The van der Waals surface area contributed by atoms with Gasteiger partial charge in [0, 0.05) is 11.6 Å². The van der Waals surface area contributed by atoms with Crippen molar-refractivity contribution in [2.75, 3.05) is 12.4 Å². The fourth-order valence-electron chi connectivity index (χ4n) is 2.50. The van der Waals surface area contributed by atoms with Gasteiger partial charge in [-0.05, 0) is 33.8 Å². The molecule has 1 aromatic carbocycles. The summed E-state index contributed by atoms with van der Waals surface area (Å²) >= 11 is 0. The van der Waals surface area contributed by atoms with Crippen LogP contribution in [-0.2, 0) is 9.53 Å². The van der Waals surface area contributed by atoms with E-state index in [1.165, 1.54) is 32.2 Å². The number of nitro groups is 1. The molecule has 2 aromatic rings. The van der Waals surface area contributed by atoms with Crippen molar-refractivity contribution < 1.29 is 28.4 Å². The Morgan fingerprint density at radius 1 is 1.22 bits per heavy atom. The second kappa shape index (κ2) is 7.90. The van der Waals surface area contributed by atoms with E-state index in [-0.39, 0.29) is 17.1 Å². The third-order valence-electron chi connectivity index (χ3n) is 4.07. The number of carbonyl (C=O) groups excluding carboxylic acids is 2. The van der Waals surface area contributed by atoms with Crippen LogP contribution in [0.5, 0.6) is 5.75 Å². The van der Waals surface area contributed by atoms with Crippen molar-refractivity contribution in [3.8, 4) is 5.75 Å². The van der Waals surface area contributed by atoms with Crippen LogP contribution >= 0.6 is 0 Å². The Kier molecular flexibility index (Phi) is 5.84. The van der Waals surface area contributed by atoms with Gasteiger partial charge in [0.05, 0.1) is 23.8 Å². The first-order valence-corrected chi connectivity index (χ1v) is 8.06. The average Bonchev–Trinajstić information content (AvgIpc) is 2.86. The maximum Gasteiger partial charge on any atom is 0.342 e. The van der Waals surface area contributed by atoms with Crippen LogP contribution in [0.25, 0.3) is 0 Å². The lowest BCUT2D eigenvalue weighted by Crippen LogP contribution is -2.30. The molecule has 0 radical (unpaired) electrons. The molecule has 9 heteroatoms. The summed E-state index contributed by atoms with van der Waals surface area (Å²) in [5.41, 5.74) is 0.996. The number of furan rings is 1. The number of nitro benzene ring substituents is 1. The van der Waals surface area contributed by atoms with E-state index in [1.54, 1.807) is 20.8 Å². The van der Waals surface area contributed by atoms with Crippen LogP contribution in [0.4, 0.5) is 11.4 Å². The van der Waals surface area contributed by atoms with Gasteiger partial charge in [-0.3, -0.25) is 14.9 Å². The number of rotatable bonds is 6. The predicted molar refractivity (Wildman–Crippen MR) is 96.1 cm³/mol. The highest BCUT2D eigenvalue weighted by Crippen LogP contribution is 2.29. The van der Waals surface area contributed by atoms with Crippen LogP contribution in [0, 0.1) is 30.9 Å². The Balaban J connectivity index is 2.12. The zero-order valence-corrected chi connectivity index (χ0v) is 15.6. The second-order valence-corrected chi connectivity index (χ2v) is 5.89. The summed E-state index contributed by atoms with van der Waals surface area (Å²) in [7, 11) is 1.32. The number of non-ortho nitro benzene ring substituents is 1. The van der Waals surface area contributed by atoms with E-state index >= 15 is 0 Å². The Morgan fingerprint density at radius 2 is 1.89 bits per heavy atom. The molecule has 1 amide bonds. The molecule has 9 nitrogen and oxygen atoms in total. The van der Waals surface area contributed by atoms with Gasteiger partial charge in [-0.1, -0.05) is 0 Å². The molecule has 0 aliphatic carbocycles. The van der Waals surface area contributed by atoms with Crippen molar-refractivity contribution in [2.45, 2.75) is 33.8 Å². The molecular formula is C18H20N2O7. The highest BCUT2D eigenvalue weighted by Gasteiger charge is 2.25. The van der Waals surface area contributed by atoms with Gasteiger partial charge >= 0.3 is 5.97 Å². The van der Waals surface area contributed by atoms with E-state index in [9.17, 15) is 19.7 Å². The lowest BCUT2D eigenvalue weighted by Gasteiger charge is -2.15. The van der Waals surface area contributed by atoms with Gasteiger partial charge in [0.2, 0.25) is 0 Å². The van der Waals surface area contributed by atoms with Crippen molar-refractivity contribution in [1.82, 2.24) is 0 Å². The lowest BCUT2D eigenvalue weighted by atomic mass is 10.1. The van der Waals surface area contributed by atoms with Crippen LogP contribution < -0.4 is 10.1 Å². The van der Waals surface area contributed by atoms with Gasteiger partial charge in [0.25, 0.3) is 11.6 Å². The Bertz CT molecular complexity index is 901. The van der Waals surface area contributed by atoms with E-state index in [2.05, 4.69) is 5.32 Å². The summed E-state index contributed by atoms with van der Waals surface area (Å²) in [5.74, 6) is -0.133. The molecule has 27 heavy (non-hydrogen) atoms. The molecule has 0 bridgehead atoms. The number of nitrogens with one attached hydrogen (secondary N) is 1. The number of esters is 1. The van der Waals surface area contributed by atoms with Gasteiger partial charge in [-0.25, -0.2) is 4.79 Å². The van der Waals surface area contributed by atoms with Gasteiger partial charge in [-0.2, -0.15) is 0 Å². The van der Waals surface area contributed by atoms with Crippen molar-refractivity contribution in [3.05, 3.63) is 51.0 Å². The van der Waals surface area contributed by atoms with E-state index in [0.717, 1.165) is 0 Å². The topological polar surface area (TPSA) is 121 Å². The van der Waals surface area contributed by atoms with Crippen LogP contribution in [0.1, 0.15) is 34.4 Å². The minimum absolute atomic E-state index is 0.119. The maximum absolute atomic E-state index is 12.3. The van der Waals surface area contributed by atoms with Crippen LogP contribution in [0.15, 0.2) is 22.6 Å². The zero-order valence-electron chi connectivity index (χ0n) is 15.6. The number of carbonyl (C=O) groups is 2. The molecule has 1 heterocycles. The van der Waals surface area contributed by atoms with E-state index < -0.39 is 22.9 Å². The number of ether oxygens (including phenoxy) is 2. The van der Waals surface area contributed by atoms with Crippen molar-refractivity contribution in [3.63, 3.8) is 0 Å². The first-order valence-electron chi connectivity index (χ1n) is 8.06. The fraction of sp³-hybridized carbons (Fsp3) is 0.333. The third kappa shape index (κ3) is 4.25. The van der Waals surface area contributed by atoms with Crippen molar-refractivity contribution in [2.24, 2.45) is 0 Å². The Hall–Kier alpha value is -3.36. The number of hydrogen-bond donors (Lipinski definition) is 1. The fourth-order valence-corrected chi connectivity index (χ4v) is 2.50. The monoisotopic (exact) mass is 376 g/mol. The summed E-state index contributed by atoms with van der Waals surface area (Å²) in [6.45, 7) is 6.52. The van der Waals surface area contributed by atoms with E-state index in [1.807, 2.05) is 0 Å². The first kappa shape index (κ1) is 20.0. The third-order valence-corrected chi connectivity index (χ3v) is 4.07. The SMILES string of the molecule is COc1cc([N+](=O)[O-])ccc1NC(=O)[C@@H](C)OC(=O)c1c(C)oc(C)c1C. The minimum atomic E-state index is -1.11. The standard InChI is InChI=1S/C18H20N2O7/c1-9-10(2)26-11(3)16(9)18(22)27-12(4)17(21)19-14-7-6-13(20(23)24)8-15(14)25-5/h6-8,12H,1-5H3,(H,19,21)/t12-/m1/s1. The smallest absolute Gasteiger partial charge is 0.342 e. The van der Waals surface area contributed by atoms with E-state index in [4.69, 9.17) is 13.9 Å². The maximum atomic E-state index is 12.3.